The zero-order valence-electron chi connectivity index (χ0n) is 12.9. The van der Waals surface area contributed by atoms with Gasteiger partial charge in [-0.3, -0.25) is 0 Å². The average molecular weight is 444 g/mol. The van der Waals surface area contributed by atoms with E-state index in [0.717, 1.165) is 0 Å². The lowest BCUT2D eigenvalue weighted by Gasteiger charge is -2.24. The van der Waals surface area contributed by atoms with Gasteiger partial charge in [0.2, 0.25) is 10.9 Å². The highest BCUT2D eigenvalue weighted by atomic mass is 79.9. The fourth-order valence-corrected chi connectivity index (χ4v) is 5.11. The normalized spacial score (nSPS) is 12.0. The Kier molecular flexibility index (Phi) is 4.87. The zero-order chi connectivity index (χ0) is 18.2. The Labute approximate surface area is 154 Å². The molecule has 0 fully saturated rings. The molecule has 0 saturated heterocycles. The maximum absolute atomic E-state index is 13.1. The molecule has 25 heavy (non-hydrogen) atoms. The topological polar surface area (TPSA) is 99.3 Å². The van der Waals surface area contributed by atoms with E-state index in [2.05, 4.69) is 20.9 Å². The molecule has 1 heterocycles. The average Bonchev–Trinajstić information content (AvgIpc) is 2.95. The number of hydrogen-bond donors (Lipinski definition) is 3. The summed E-state index contributed by atoms with van der Waals surface area (Å²) in [4.78, 5) is 5.03. The number of benzene rings is 2. The summed E-state index contributed by atoms with van der Waals surface area (Å²) in [6.07, 6.45) is 1.66. The van der Waals surface area contributed by atoms with Crippen LogP contribution < -0.4 is 9.25 Å². The molecule has 0 aliphatic heterocycles. The van der Waals surface area contributed by atoms with Crippen LogP contribution in [0.2, 0.25) is 0 Å². The van der Waals surface area contributed by atoms with Gasteiger partial charge in [-0.15, -0.1) is 4.83 Å². The number of aromatic amines is 1. The second kappa shape index (κ2) is 6.79. The number of anilines is 1. The lowest BCUT2D eigenvalue weighted by molar-refractivity contribution is 0.579. The fourth-order valence-electron chi connectivity index (χ4n) is 2.53. The molecule has 3 rings (SSSR count). The summed E-state index contributed by atoms with van der Waals surface area (Å²) >= 11 is 3.38. The first kappa shape index (κ1) is 17.9. The first-order chi connectivity index (χ1) is 11.8. The van der Waals surface area contributed by atoms with Gasteiger partial charge in [0.25, 0.3) is 10.0 Å². The van der Waals surface area contributed by atoms with Gasteiger partial charge in [0.1, 0.15) is 0 Å². The molecule has 3 aromatic rings. The number of hydrazine groups is 1. The van der Waals surface area contributed by atoms with Crippen molar-refractivity contribution in [2.75, 3.05) is 4.41 Å². The SMILES string of the molecule is Cc1ccc2[nH]cc(Br)c2c1N(N[SH](=O)=O)S(=O)(=O)c1ccccc1. The lowest BCUT2D eigenvalue weighted by Crippen LogP contribution is -2.42. The smallest absolute Gasteiger partial charge is 0.278 e. The molecule has 0 aliphatic carbocycles. The van der Waals surface area contributed by atoms with E-state index >= 15 is 0 Å². The fraction of sp³-hybridized carbons (Fsp3) is 0.0667. The number of fused-ring (bicyclic) bond motifs is 1. The van der Waals surface area contributed by atoms with Crippen molar-refractivity contribution >= 4 is 53.4 Å². The number of sulfonamides is 1. The number of nitrogens with one attached hydrogen (secondary N) is 2. The van der Waals surface area contributed by atoms with Crippen molar-refractivity contribution in [1.29, 1.82) is 0 Å². The molecule has 0 radical (unpaired) electrons. The van der Waals surface area contributed by atoms with Crippen LogP contribution in [0, 0.1) is 6.92 Å². The molecule has 2 N–H and O–H groups in total. The molecular weight excluding hydrogens is 430 g/mol. The Bertz CT molecular complexity index is 1100. The standard InChI is InChI=1S/C15H14BrN3O4S2/c1-10-7-8-13-14(12(16)9-17-13)15(10)19(18-24(20)21)25(22,23)11-5-3-2-4-6-11/h2-9,17,24H,1H3,(H,18,20,21). The number of nitrogens with zero attached hydrogens (tertiary/aromatic N) is 1. The van der Waals surface area contributed by atoms with E-state index in [-0.39, 0.29) is 10.6 Å². The van der Waals surface area contributed by atoms with Crippen molar-refractivity contribution in [3.63, 3.8) is 0 Å². The van der Waals surface area contributed by atoms with E-state index in [1.807, 2.05) is 4.83 Å². The first-order valence-electron chi connectivity index (χ1n) is 7.09. The summed E-state index contributed by atoms with van der Waals surface area (Å²) in [5, 5.41) is 0.559. The molecule has 0 saturated carbocycles. The van der Waals surface area contributed by atoms with Crippen LogP contribution >= 0.6 is 15.9 Å². The van der Waals surface area contributed by atoms with Crippen LogP contribution in [0.1, 0.15) is 5.56 Å². The molecule has 0 atom stereocenters. The van der Waals surface area contributed by atoms with Crippen LogP contribution in [0.5, 0.6) is 0 Å². The molecule has 0 bridgehead atoms. The maximum atomic E-state index is 13.1. The second-order valence-electron chi connectivity index (χ2n) is 5.23. The van der Waals surface area contributed by atoms with Crippen LogP contribution in [0.4, 0.5) is 5.69 Å². The summed E-state index contributed by atoms with van der Waals surface area (Å²) in [6.45, 7) is 1.71. The Hall–Kier alpha value is -1.88. The van der Waals surface area contributed by atoms with Gasteiger partial charge in [0.15, 0.2) is 0 Å². The van der Waals surface area contributed by atoms with Crippen molar-refractivity contribution in [1.82, 2.24) is 9.82 Å². The molecule has 1 aromatic heterocycles. The highest BCUT2D eigenvalue weighted by Gasteiger charge is 2.29. The maximum Gasteiger partial charge on any atom is 0.278 e. The quantitative estimate of drug-likeness (QED) is 0.416. The highest BCUT2D eigenvalue weighted by Crippen LogP contribution is 2.37. The number of H-pyrrole nitrogens is 1. The Morgan fingerprint density at radius 2 is 1.80 bits per heavy atom. The Balaban J connectivity index is 2.32. The third-order valence-corrected chi connectivity index (χ3v) is 6.38. The van der Waals surface area contributed by atoms with Gasteiger partial charge >= 0.3 is 0 Å². The van der Waals surface area contributed by atoms with Crippen molar-refractivity contribution in [2.24, 2.45) is 0 Å². The van der Waals surface area contributed by atoms with Gasteiger partial charge in [-0.05, 0) is 46.6 Å². The lowest BCUT2D eigenvalue weighted by atomic mass is 10.1. The molecule has 0 amide bonds. The molecule has 7 nitrogen and oxygen atoms in total. The number of hydrogen-bond acceptors (Lipinski definition) is 4. The Morgan fingerprint density at radius 1 is 1.12 bits per heavy atom. The largest absolute Gasteiger partial charge is 0.360 e. The Morgan fingerprint density at radius 3 is 2.44 bits per heavy atom. The third kappa shape index (κ3) is 3.30. The van der Waals surface area contributed by atoms with Crippen LogP contribution in [0.25, 0.3) is 10.9 Å². The predicted molar refractivity (Wildman–Crippen MR) is 100 cm³/mol. The van der Waals surface area contributed by atoms with Gasteiger partial charge in [0, 0.05) is 21.6 Å². The van der Waals surface area contributed by atoms with Crippen molar-refractivity contribution < 1.29 is 16.8 Å². The minimum Gasteiger partial charge on any atom is -0.360 e. The monoisotopic (exact) mass is 443 g/mol. The van der Waals surface area contributed by atoms with Gasteiger partial charge < -0.3 is 4.98 Å². The molecule has 0 aliphatic rings. The van der Waals surface area contributed by atoms with E-state index in [0.29, 0.717) is 25.4 Å². The number of aryl methyl sites for hydroxylation is 1. The number of rotatable bonds is 5. The van der Waals surface area contributed by atoms with Crippen molar-refractivity contribution in [2.45, 2.75) is 11.8 Å². The summed E-state index contributed by atoms with van der Waals surface area (Å²) in [6, 6.07) is 11.1. The molecule has 132 valence electrons. The number of halogens is 1. The van der Waals surface area contributed by atoms with Crippen LogP contribution in [0.3, 0.4) is 0 Å². The van der Waals surface area contributed by atoms with Crippen molar-refractivity contribution in [3.05, 3.63) is 58.7 Å². The first-order valence-corrected chi connectivity index (χ1v) is 10.5. The molecule has 2 aromatic carbocycles. The molecular formula is C15H14BrN3O4S2. The van der Waals surface area contributed by atoms with E-state index < -0.39 is 20.9 Å². The molecule has 10 heteroatoms. The van der Waals surface area contributed by atoms with E-state index in [1.165, 1.54) is 12.1 Å². The molecule has 0 unspecified atom stereocenters. The van der Waals surface area contributed by atoms with Crippen molar-refractivity contribution in [3.8, 4) is 0 Å². The summed E-state index contributed by atoms with van der Waals surface area (Å²) in [5.41, 5.74) is 1.49. The second-order valence-corrected chi connectivity index (χ2v) is 8.59. The predicted octanol–water partition coefficient (Wildman–Crippen LogP) is 2.47. The summed E-state index contributed by atoms with van der Waals surface area (Å²) in [7, 11) is -7.36. The summed E-state index contributed by atoms with van der Waals surface area (Å²) < 4.78 is 50.1. The highest BCUT2D eigenvalue weighted by molar-refractivity contribution is 9.10. The number of aromatic nitrogens is 1. The van der Waals surface area contributed by atoms with Crippen LogP contribution in [-0.4, -0.2) is 21.8 Å². The van der Waals surface area contributed by atoms with Crippen LogP contribution in [0.15, 0.2) is 58.0 Å². The van der Waals surface area contributed by atoms with E-state index in [4.69, 9.17) is 0 Å². The zero-order valence-corrected chi connectivity index (χ0v) is 16.2. The minimum atomic E-state index is -4.15. The van der Waals surface area contributed by atoms with Gasteiger partial charge in [-0.2, -0.15) is 12.8 Å². The summed E-state index contributed by atoms with van der Waals surface area (Å²) in [5.74, 6) is 0. The third-order valence-electron chi connectivity index (χ3n) is 3.63. The molecule has 0 spiro atoms. The van der Waals surface area contributed by atoms with E-state index in [9.17, 15) is 16.8 Å². The van der Waals surface area contributed by atoms with E-state index in [1.54, 1.807) is 43.5 Å². The van der Waals surface area contributed by atoms with Gasteiger partial charge in [-0.1, -0.05) is 24.3 Å². The van der Waals surface area contributed by atoms with Gasteiger partial charge in [0.05, 0.1) is 10.6 Å². The number of thiol groups is 1. The van der Waals surface area contributed by atoms with Crippen LogP contribution in [-0.2, 0) is 20.9 Å². The van der Waals surface area contributed by atoms with Gasteiger partial charge in [-0.25, -0.2) is 8.42 Å². The minimum absolute atomic E-state index is 0.0255.